The van der Waals surface area contributed by atoms with E-state index in [2.05, 4.69) is 4.99 Å². The Morgan fingerprint density at radius 3 is 1.48 bits per heavy atom. The van der Waals surface area contributed by atoms with Gasteiger partial charge in [0.1, 0.15) is 5.36 Å². The van der Waals surface area contributed by atoms with Gasteiger partial charge in [0.2, 0.25) is 6.19 Å². The summed E-state index contributed by atoms with van der Waals surface area (Å²) < 4.78 is 82.0. The maximum absolute atomic E-state index is 13.1. The first kappa shape index (κ1) is 28.4. The van der Waals surface area contributed by atoms with E-state index in [1.165, 1.54) is 46.9 Å². The summed E-state index contributed by atoms with van der Waals surface area (Å²) in [4.78, 5) is 4.16. The molecule has 0 aliphatic rings. The van der Waals surface area contributed by atoms with E-state index in [4.69, 9.17) is 5.41 Å². The van der Waals surface area contributed by atoms with Crippen LogP contribution in [-0.2, 0) is 12.4 Å². The van der Waals surface area contributed by atoms with Gasteiger partial charge in [-0.1, -0.05) is 48.5 Å². The zero-order valence-electron chi connectivity index (χ0n) is 23.1. The molecule has 0 spiro atoms. The van der Waals surface area contributed by atoms with Gasteiger partial charge in [-0.25, -0.2) is 0 Å². The standard InChI is InChI=1S/C35H15F6N3S2/c36-34(37,38)20-7-1-16(2-8-20)18-5-11-22-24(13-18)28(43)30-26(22)32-33(45-30)27-23-12-6-19(14-25(23)29(44-15-42)31(27)46-32)17-3-9-21(10-4-17)35(39,40)41/h1-14,43H/b43-28?,44-29+. The van der Waals surface area contributed by atoms with Crippen LogP contribution in [0.2, 0.25) is 0 Å². The van der Waals surface area contributed by atoms with Crippen LogP contribution in [0.1, 0.15) is 11.1 Å². The second-order valence-corrected chi connectivity index (χ2v) is 12.9. The number of rotatable bonds is 2. The van der Waals surface area contributed by atoms with Gasteiger partial charge in [0.25, 0.3) is 0 Å². The number of alkyl halides is 6. The number of nitriles is 1. The maximum atomic E-state index is 13.1. The van der Waals surface area contributed by atoms with Crippen LogP contribution in [0.25, 0.3) is 73.4 Å². The molecule has 0 aliphatic carbocycles. The topological polar surface area (TPSA) is 60.0 Å². The van der Waals surface area contributed by atoms with Gasteiger partial charge >= 0.3 is 12.4 Å². The predicted molar refractivity (Wildman–Crippen MR) is 170 cm³/mol. The van der Waals surface area contributed by atoms with Crippen molar-refractivity contribution in [1.29, 1.82) is 10.7 Å². The van der Waals surface area contributed by atoms with Gasteiger partial charge in [-0.15, -0.1) is 22.7 Å². The van der Waals surface area contributed by atoms with Crippen LogP contribution in [0, 0.1) is 16.9 Å². The van der Waals surface area contributed by atoms with Crippen LogP contribution >= 0.6 is 22.7 Å². The largest absolute Gasteiger partial charge is 0.416 e. The average Bonchev–Trinajstić information content (AvgIpc) is 3.73. The van der Waals surface area contributed by atoms with Crippen molar-refractivity contribution in [3.63, 3.8) is 0 Å². The minimum atomic E-state index is -4.44. The first-order valence-electron chi connectivity index (χ1n) is 13.7. The molecule has 8 aromatic rings. The lowest BCUT2D eigenvalue weighted by molar-refractivity contribution is -0.138. The lowest BCUT2D eigenvalue weighted by atomic mass is 10.0. The van der Waals surface area contributed by atoms with E-state index < -0.39 is 23.5 Å². The molecular weight excluding hydrogens is 641 g/mol. The van der Waals surface area contributed by atoms with E-state index in [1.54, 1.807) is 0 Å². The second-order valence-electron chi connectivity index (χ2n) is 10.9. The summed E-state index contributed by atoms with van der Waals surface area (Å²) in [6.45, 7) is 0. The third-order valence-electron chi connectivity index (χ3n) is 8.32. The summed E-state index contributed by atoms with van der Waals surface area (Å²) in [6.07, 6.45) is -6.96. The average molecular weight is 656 g/mol. The molecule has 8 rings (SSSR count). The number of fused-ring (bicyclic) bond motifs is 9. The Morgan fingerprint density at radius 2 is 0.978 bits per heavy atom. The summed E-state index contributed by atoms with van der Waals surface area (Å²) in [7, 11) is 0. The molecule has 0 unspecified atom stereocenters. The highest BCUT2D eigenvalue weighted by Crippen LogP contribution is 2.48. The molecule has 11 heteroatoms. The third-order valence-corrected chi connectivity index (χ3v) is 10.9. The molecule has 0 amide bonds. The number of thiophene rings is 2. The smallest absolute Gasteiger partial charge is 0.299 e. The van der Waals surface area contributed by atoms with Gasteiger partial charge in [-0.2, -0.15) is 36.6 Å². The van der Waals surface area contributed by atoms with Crippen LogP contribution in [0.15, 0.2) is 89.9 Å². The molecule has 0 fully saturated rings. The molecule has 0 radical (unpaired) electrons. The second kappa shape index (κ2) is 9.72. The van der Waals surface area contributed by atoms with Crippen molar-refractivity contribution >= 4 is 73.8 Å². The molecular formula is C35H15F6N3S2. The van der Waals surface area contributed by atoms with Crippen molar-refractivity contribution in [2.75, 3.05) is 0 Å². The van der Waals surface area contributed by atoms with E-state index in [9.17, 15) is 31.6 Å². The molecule has 0 saturated heterocycles. The van der Waals surface area contributed by atoms with Crippen molar-refractivity contribution in [2.45, 2.75) is 12.4 Å². The fourth-order valence-corrected chi connectivity index (χ4v) is 9.06. The van der Waals surface area contributed by atoms with Gasteiger partial charge in [-0.3, -0.25) is 5.41 Å². The number of nitrogens with one attached hydrogen (secondary N) is 1. The molecule has 6 aromatic carbocycles. The Kier molecular flexibility index (Phi) is 6.01. The Labute approximate surface area is 262 Å². The van der Waals surface area contributed by atoms with E-state index >= 15 is 0 Å². The van der Waals surface area contributed by atoms with Gasteiger partial charge in [0.15, 0.2) is 0 Å². The van der Waals surface area contributed by atoms with Crippen LogP contribution < -0.4 is 10.7 Å². The zero-order valence-corrected chi connectivity index (χ0v) is 24.7. The third kappa shape index (κ3) is 4.17. The number of hydrogen-bond donors (Lipinski definition) is 1. The molecule has 2 aromatic heterocycles. The van der Waals surface area contributed by atoms with Crippen molar-refractivity contribution in [1.82, 2.24) is 0 Å². The van der Waals surface area contributed by atoms with Crippen molar-refractivity contribution in [2.24, 2.45) is 4.99 Å². The van der Waals surface area contributed by atoms with Gasteiger partial charge in [-0.05, 0) is 69.4 Å². The van der Waals surface area contributed by atoms with Crippen molar-refractivity contribution in [3.8, 4) is 28.4 Å². The van der Waals surface area contributed by atoms with E-state index in [0.717, 1.165) is 64.6 Å². The Bertz CT molecular complexity index is 2680. The van der Waals surface area contributed by atoms with Crippen molar-refractivity contribution in [3.05, 3.63) is 107 Å². The van der Waals surface area contributed by atoms with E-state index in [1.807, 2.05) is 42.6 Å². The normalized spacial score (nSPS) is 13.2. The summed E-state index contributed by atoms with van der Waals surface area (Å²) in [5.41, 5.74) is 1.16. The molecule has 3 nitrogen and oxygen atoms in total. The fourth-order valence-electron chi connectivity index (χ4n) is 6.16. The number of nitrogens with zero attached hydrogens (tertiary/aromatic N) is 2. The number of halogens is 6. The lowest BCUT2D eigenvalue weighted by Crippen LogP contribution is -2.04. The van der Waals surface area contributed by atoms with Crippen molar-refractivity contribution < 1.29 is 26.3 Å². The minimum Gasteiger partial charge on any atom is -0.299 e. The molecule has 1 N–H and O–H groups in total. The van der Waals surface area contributed by atoms with Crippen LogP contribution in [0.4, 0.5) is 26.3 Å². The first-order chi connectivity index (χ1) is 21.9. The summed E-state index contributed by atoms with van der Waals surface area (Å²) in [5.74, 6) is 0. The SMILES string of the molecule is N#C/N=c1\c2cc(-c3ccc(C(F)(F)F)cc3)ccc2c2c1sc1c2sc2c(=N)c3cc(-c4ccc(C(F)(F)F)cc4)ccc3c21. The summed E-state index contributed by atoms with van der Waals surface area (Å²) in [6, 6.07) is 21.0. The molecule has 0 aliphatic heterocycles. The highest BCUT2D eigenvalue weighted by atomic mass is 32.1. The molecule has 0 saturated carbocycles. The lowest BCUT2D eigenvalue weighted by Gasteiger charge is -2.08. The van der Waals surface area contributed by atoms with Gasteiger partial charge in [0.05, 0.1) is 35.3 Å². The molecule has 2 heterocycles. The summed E-state index contributed by atoms with van der Waals surface area (Å²) >= 11 is 2.95. The van der Waals surface area contributed by atoms with E-state index in [0.29, 0.717) is 43.7 Å². The van der Waals surface area contributed by atoms with Crippen LogP contribution in [0.3, 0.4) is 0 Å². The van der Waals surface area contributed by atoms with Crippen LogP contribution in [0.5, 0.6) is 0 Å². The van der Waals surface area contributed by atoms with Gasteiger partial charge in [0, 0.05) is 21.5 Å². The number of hydrogen-bond acceptors (Lipinski definition) is 5. The van der Waals surface area contributed by atoms with Gasteiger partial charge < -0.3 is 0 Å². The minimum absolute atomic E-state index is 0.336. The molecule has 0 bridgehead atoms. The maximum Gasteiger partial charge on any atom is 0.416 e. The zero-order chi connectivity index (χ0) is 32.1. The molecule has 0 atom stereocenters. The number of benzene rings is 4. The quantitative estimate of drug-likeness (QED) is 0.146. The Hall–Kier alpha value is -5.05. The van der Waals surface area contributed by atoms with Crippen LogP contribution in [-0.4, -0.2) is 0 Å². The molecule has 46 heavy (non-hydrogen) atoms. The first-order valence-corrected chi connectivity index (χ1v) is 15.4. The highest BCUT2D eigenvalue weighted by Gasteiger charge is 2.31. The monoisotopic (exact) mass is 655 g/mol. The predicted octanol–water partition coefficient (Wildman–Crippen LogP) is 10.7. The van der Waals surface area contributed by atoms with E-state index in [-0.39, 0.29) is 0 Å². The highest BCUT2D eigenvalue weighted by molar-refractivity contribution is 7.37. The Balaban J connectivity index is 1.29. The fraction of sp³-hybridized carbons (Fsp3) is 0.0571. The summed E-state index contributed by atoms with van der Waals surface area (Å²) in [5, 5.41) is 24.4. The molecule has 224 valence electrons. The Morgan fingerprint density at radius 1 is 0.543 bits per heavy atom.